The fourth-order valence-electron chi connectivity index (χ4n) is 1.80. The predicted octanol–water partition coefficient (Wildman–Crippen LogP) is 0.0267. The Hall–Kier alpha value is -1.14. The first-order valence-electron chi connectivity index (χ1n) is 5.35. The highest BCUT2D eigenvalue weighted by atomic mass is 16.5. The van der Waals surface area contributed by atoms with Crippen molar-refractivity contribution >= 4 is 11.9 Å². The van der Waals surface area contributed by atoms with Crippen LogP contribution in [0.15, 0.2) is 0 Å². The van der Waals surface area contributed by atoms with E-state index in [9.17, 15) is 9.59 Å². The van der Waals surface area contributed by atoms with Gasteiger partial charge >= 0.3 is 11.9 Å². The van der Waals surface area contributed by atoms with Crippen molar-refractivity contribution in [3.63, 3.8) is 0 Å². The molecule has 0 saturated carbocycles. The summed E-state index contributed by atoms with van der Waals surface area (Å²) in [6.07, 6.45) is 2.86. The van der Waals surface area contributed by atoms with Crippen LogP contribution in [-0.2, 0) is 14.3 Å². The number of carboxylic acids is 2. The third-order valence-corrected chi connectivity index (χ3v) is 2.51. The highest BCUT2D eigenvalue weighted by Gasteiger charge is 2.19. The minimum absolute atomic E-state index is 0.157. The number of carboxylic acid groups (broad SMARTS) is 2. The standard InChI is InChI=1S/C10H17NO5/c12-9(13)6-11(7-10(14)15)4-3-8-2-1-5-16-8/h8H,1-7H2,(H,12,13)(H,14,15). The molecular weight excluding hydrogens is 214 g/mol. The van der Waals surface area contributed by atoms with Gasteiger partial charge in [-0.25, -0.2) is 0 Å². The van der Waals surface area contributed by atoms with E-state index in [1.165, 1.54) is 4.90 Å². The zero-order chi connectivity index (χ0) is 12.0. The lowest BCUT2D eigenvalue weighted by Gasteiger charge is -2.19. The van der Waals surface area contributed by atoms with Crippen LogP contribution in [-0.4, -0.2) is 59.4 Å². The number of hydrogen-bond acceptors (Lipinski definition) is 4. The van der Waals surface area contributed by atoms with E-state index in [0.29, 0.717) is 13.0 Å². The SMILES string of the molecule is O=C(O)CN(CCC1CCCO1)CC(=O)O. The molecule has 1 aliphatic rings. The van der Waals surface area contributed by atoms with Gasteiger partial charge in [0.15, 0.2) is 0 Å². The van der Waals surface area contributed by atoms with Crippen LogP contribution in [0, 0.1) is 0 Å². The summed E-state index contributed by atoms with van der Waals surface area (Å²) in [5, 5.41) is 17.2. The quantitative estimate of drug-likeness (QED) is 0.642. The van der Waals surface area contributed by atoms with E-state index in [1.807, 2.05) is 0 Å². The molecule has 16 heavy (non-hydrogen) atoms. The van der Waals surface area contributed by atoms with Crippen LogP contribution in [0.2, 0.25) is 0 Å². The Morgan fingerprint density at radius 2 is 1.88 bits per heavy atom. The Kier molecular flexibility index (Phi) is 5.21. The minimum atomic E-state index is -1.01. The molecule has 1 heterocycles. The van der Waals surface area contributed by atoms with Gasteiger partial charge in [-0.3, -0.25) is 14.5 Å². The first-order valence-corrected chi connectivity index (χ1v) is 5.35. The second-order valence-electron chi connectivity index (χ2n) is 3.92. The van der Waals surface area contributed by atoms with E-state index in [-0.39, 0.29) is 19.2 Å². The van der Waals surface area contributed by atoms with E-state index in [2.05, 4.69) is 0 Å². The van der Waals surface area contributed by atoms with Gasteiger partial charge in [0, 0.05) is 13.2 Å². The Bertz CT molecular complexity index is 234. The summed E-state index contributed by atoms with van der Waals surface area (Å²) in [4.78, 5) is 22.5. The summed E-state index contributed by atoms with van der Waals surface area (Å²) in [7, 11) is 0. The number of nitrogens with zero attached hydrogens (tertiary/aromatic N) is 1. The normalized spacial score (nSPS) is 20.2. The fraction of sp³-hybridized carbons (Fsp3) is 0.800. The van der Waals surface area contributed by atoms with Gasteiger partial charge in [-0.1, -0.05) is 0 Å². The molecule has 1 atom stereocenters. The smallest absolute Gasteiger partial charge is 0.317 e. The number of rotatable bonds is 7. The Morgan fingerprint density at radius 1 is 1.25 bits per heavy atom. The van der Waals surface area contributed by atoms with Crippen LogP contribution in [0.4, 0.5) is 0 Å². The molecule has 6 heteroatoms. The second kappa shape index (κ2) is 6.44. The summed E-state index contributed by atoms with van der Waals surface area (Å²) in [5.74, 6) is -2.01. The number of hydrogen-bond donors (Lipinski definition) is 2. The first-order chi connectivity index (χ1) is 7.58. The molecule has 1 unspecified atom stereocenters. The molecule has 0 radical (unpaired) electrons. The summed E-state index contributed by atoms with van der Waals surface area (Å²) < 4.78 is 5.39. The Morgan fingerprint density at radius 3 is 2.31 bits per heavy atom. The summed E-state index contributed by atoms with van der Waals surface area (Å²) in [6.45, 7) is 0.726. The molecular formula is C10H17NO5. The summed E-state index contributed by atoms with van der Waals surface area (Å²) in [6, 6.07) is 0. The number of carbonyl (C=O) groups is 2. The second-order valence-corrected chi connectivity index (χ2v) is 3.92. The van der Waals surface area contributed by atoms with Crippen LogP contribution in [0.25, 0.3) is 0 Å². The van der Waals surface area contributed by atoms with E-state index >= 15 is 0 Å². The van der Waals surface area contributed by atoms with Crippen molar-refractivity contribution < 1.29 is 24.5 Å². The average Bonchev–Trinajstić information content (AvgIpc) is 2.64. The van der Waals surface area contributed by atoms with Crippen molar-refractivity contribution in [3.05, 3.63) is 0 Å². The number of ether oxygens (including phenoxy) is 1. The van der Waals surface area contributed by atoms with E-state index in [0.717, 1.165) is 19.4 Å². The van der Waals surface area contributed by atoms with E-state index in [1.54, 1.807) is 0 Å². The first kappa shape index (κ1) is 12.9. The van der Waals surface area contributed by atoms with Crippen molar-refractivity contribution in [1.29, 1.82) is 0 Å². The lowest BCUT2D eigenvalue weighted by molar-refractivity contribution is -0.141. The molecule has 0 spiro atoms. The van der Waals surface area contributed by atoms with Gasteiger partial charge < -0.3 is 14.9 Å². The summed E-state index contributed by atoms with van der Waals surface area (Å²) >= 11 is 0. The molecule has 1 rings (SSSR count). The largest absolute Gasteiger partial charge is 0.480 e. The van der Waals surface area contributed by atoms with Crippen LogP contribution < -0.4 is 0 Å². The van der Waals surface area contributed by atoms with Crippen LogP contribution >= 0.6 is 0 Å². The molecule has 1 aliphatic heterocycles. The molecule has 0 aromatic rings. The van der Waals surface area contributed by atoms with Gasteiger partial charge in [0.1, 0.15) is 0 Å². The van der Waals surface area contributed by atoms with Crippen LogP contribution in [0.1, 0.15) is 19.3 Å². The maximum Gasteiger partial charge on any atom is 0.317 e. The lowest BCUT2D eigenvalue weighted by Crippen LogP contribution is -2.36. The average molecular weight is 231 g/mol. The van der Waals surface area contributed by atoms with Crippen molar-refractivity contribution in [2.75, 3.05) is 26.2 Å². The molecule has 0 bridgehead atoms. The van der Waals surface area contributed by atoms with Crippen LogP contribution in [0.3, 0.4) is 0 Å². The maximum atomic E-state index is 10.5. The molecule has 92 valence electrons. The van der Waals surface area contributed by atoms with Gasteiger partial charge in [-0.05, 0) is 19.3 Å². The fourth-order valence-corrected chi connectivity index (χ4v) is 1.80. The van der Waals surface area contributed by atoms with Gasteiger partial charge in [-0.2, -0.15) is 0 Å². The zero-order valence-corrected chi connectivity index (χ0v) is 9.09. The topological polar surface area (TPSA) is 87.1 Å². The minimum Gasteiger partial charge on any atom is -0.480 e. The highest BCUT2D eigenvalue weighted by molar-refractivity contribution is 5.72. The van der Waals surface area contributed by atoms with Gasteiger partial charge in [0.05, 0.1) is 19.2 Å². The van der Waals surface area contributed by atoms with Crippen molar-refractivity contribution in [3.8, 4) is 0 Å². The van der Waals surface area contributed by atoms with Crippen LogP contribution in [0.5, 0.6) is 0 Å². The lowest BCUT2D eigenvalue weighted by atomic mass is 10.2. The molecule has 0 amide bonds. The van der Waals surface area contributed by atoms with E-state index in [4.69, 9.17) is 14.9 Å². The van der Waals surface area contributed by atoms with Gasteiger partial charge in [-0.15, -0.1) is 0 Å². The Balaban J connectivity index is 2.30. The molecule has 0 aromatic carbocycles. The predicted molar refractivity (Wildman–Crippen MR) is 55.3 cm³/mol. The molecule has 0 aliphatic carbocycles. The van der Waals surface area contributed by atoms with Crippen molar-refractivity contribution in [2.45, 2.75) is 25.4 Å². The summed E-state index contributed by atoms with van der Waals surface area (Å²) in [5.41, 5.74) is 0. The van der Waals surface area contributed by atoms with E-state index < -0.39 is 11.9 Å². The highest BCUT2D eigenvalue weighted by Crippen LogP contribution is 2.15. The zero-order valence-electron chi connectivity index (χ0n) is 9.09. The third kappa shape index (κ3) is 5.09. The molecule has 2 N–H and O–H groups in total. The monoisotopic (exact) mass is 231 g/mol. The third-order valence-electron chi connectivity index (χ3n) is 2.51. The van der Waals surface area contributed by atoms with Crippen molar-refractivity contribution in [2.24, 2.45) is 0 Å². The van der Waals surface area contributed by atoms with Gasteiger partial charge in [0.25, 0.3) is 0 Å². The van der Waals surface area contributed by atoms with Gasteiger partial charge in [0.2, 0.25) is 0 Å². The molecule has 1 fully saturated rings. The Labute approximate surface area is 93.8 Å². The maximum absolute atomic E-state index is 10.5. The molecule has 6 nitrogen and oxygen atoms in total. The molecule has 1 saturated heterocycles. The molecule has 0 aromatic heterocycles. The van der Waals surface area contributed by atoms with Crippen molar-refractivity contribution in [1.82, 2.24) is 4.90 Å². The number of aliphatic carboxylic acids is 2.